The number of nitrogens with one attached hydrogen (secondary N) is 1. The lowest BCUT2D eigenvalue weighted by atomic mass is 10.1. The molecule has 3 nitrogen and oxygen atoms in total. The molecule has 1 N–H and O–H groups in total. The van der Waals surface area contributed by atoms with E-state index >= 15 is 0 Å². The largest absolute Gasteiger partial charge is 0.496 e. The average molecular weight is 434 g/mol. The summed E-state index contributed by atoms with van der Waals surface area (Å²) in [7, 11) is 1.54. The first-order chi connectivity index (χ1) is 12.2. The van der Waals surface area contributed by atoms with Crippen molar-refractivity contribution in [1.29, 1.82) is 0 Å². The van der Waals surface area contributed by atoms with Gasteiger partial charge in [0.1, 0.15) is 11.6 Å². The zero-order chi connectivity index (χ0) is 19.3. The number of carbonyl (C=O) groups excluding carboxylic acids is 1. The lowest BCUT2D eigenvalue weighted by molar-refractivity contribution is -0.138. The number of alkyl halides is 3. The Bertz CT molecular complexity index is 793. The summed E-state index contributed by atoms with van der Waals surface area (Å²) in [6, 6.07) is 7.76. The first-order valence-corrected chi connectivity index (χ1v) is 8.44. The second-order valence-corrected chi connectivity index (χ2v) is 6.40. The fourth-order valence-corrected chi connectivity index (χ4v) is 2.96. The first-order valence-electron chi connectivity index (χ1n) is 7.65. The monoisotopic (exact) mass is 433 g/mol. The molecule has 0 spiro atoms. The standard InChI is InChI=1S/C18H16BrF4NO2/c1-26-16-6-2-11(8-15(16)19)3-7-17(25)24-10-12-4-5-13(20)9-14(12)18(21,22)23/h2,4-6,8-9H,3,7,10H2,1H3,(H,24,25). The van der Waals surface area contributed by atoms with Crippen molar-refractivity contribution < 1.29 is 27.1 Å². The molecule has 0 heterocycles. The van der Waals surface area contributed by atoms with Crippen molar-refractivity contribution in [2.75, 3.05) is 7.11 Å². The van der Waals surface area contributed by atoms with Gasteiger partial charge >= 0.3 is 6.18 Å². The van der Waals surface area contributed by atoms with Gasteiger partial charge in [0.05, 0.1) is 17.1 Å². The van der Waals surface area contributed by atoms with E-state index in [9.17, 15) is 22.4 Å². The summed E-state index contributed by atoms with van der Waals surface area (Å²) in [5.74, 6) is -0.707. The Morgan fingerprint density at radius 1 is 1.19 bits per heavy atom. The number of carbonyl (C=O) groups is 1. The van der Waals surface area contributed by atoms with Crippen LogP contribution in [0, 0.1) is 5.82 Å². The van der Waals surface area contributed by atoms with Crippen LogP contribution in [0.25, 0.3) is 0 Å². The molecule has 0 fully saturated rings. The topological polar surface area (TPSA) is 38.3 Å². The predicted octanol–water partition coefficient (Wildman–Crippen LogP) is 4.86. The van der Waals surface area contributed by atoms with E-state index in [0.717, 1.165) is 22.2 Å². The highest BCUT2D eigenvalue weighted by Crippen LogP contribution is 2.32. The summed E-state index contributed by atoms with van der Waals surface area (Å²) in [5.41, 5.74) is -0.387. The van der Waals surface area contributed by atoms with Gasteiger partial charge in [-0.05, 0) is 57.7 Å². The van der Waals surface area contributed by atoms with Crippen LogP contribution >= 0.6 is 15.9 Å². The lowest BCUT2D eigenvalue weighted by Crippen LogP contribution is -2.24. The van der Waals surface area contributed by atoms with Gasteiger partial charge in [-0.1, -0.05) is 12.1 Å². The lowest BCUT2D eigenvalue weighted by Gasteiger charge is -2.13. The minimum absolute atomic E-state index is 0.112. The molecule has 0 bridgehead atoms. The third-order valence-corrected chi connectivity index (χ3v) is 4.33. The molecule has 0 aliphatic heterocycles. The van der Waals surface area contributed by atoms with E-state index in [-0.39, 0.29) is 18.5 Å². The number of hydrogen-bond donors (Lipinski definition) is 1. The van der Waals surface area contributed by atoms with Crippen LogP contribution in [0.1, 0.15) is 23.1 Å². The Labute approximate surface area is 156 Å². The highest BCUT2D eigenvalue weighted by molar-refractivity contribution is 9.10. The molecule has 2 aromatic rings. The molecule has 8 heteroatoms. The third kappa shape index (κ3) is 5.45. The summed E-state index contributed by atoms with van der Waals surface area (Å²) >= 11 is 3.35. The number of halogens is 5. The van der Waals surface area contributed by atoms with Crippen LogP contribution in [0.2, 0.25) is 0 Å². The molecule has 2 rings (SSSR count). The van der Waals surface area contributed by atoms with Crippen LogP contribution in [0.15, 0.2) is 40.9 Å². The van der Waals surface area contributed by atoms with Gasteiger partial charge in [0.2, 0.25) is 5.91 Å². The minimum Gasteiger partial charge on any atom is -0.496 e. The second-order valence-electron chi connectivity index (χ2n) is 5.54. The number of aryl methyl sites for hydroxylation is 1. The normalized spacial score (nSPS) is 11.3. The van der Waals surface area contributed by atoms with Gasteiger partial charge in [0, 0.05) is 13.0 Å². The molecule has 0 saturated carbocycles. The van der Waals surface area contributed by atoms with Crippen LogP contribution in [0.4, 0.5) is 17.6 Å². The van der Waals surface area contributed by atoms with Crippen molar-refractivity contribution in [1.82, 2.24) is 5.32 Å². The summed E-state index contributed by atoms with van der Waals surface area (Å²) in [5, 5.41) is 2.44. The maximum absolute atomic E-state index is 13.1. The van der Waals surface area contributed by atoms with Gasteiger partial charge in [0.25, 0.3) is 0 Å². The quantitative estimate of drug-likeness (QED) is 0.660. The van der Waals surface area contributed by atoms with E-state index in [4.69, 9.17) is 4.74 Å². The number of amides is 1. The van der Waals surface area contributed by atoms with E-state index in [1.807, 2.05) is 6.07 Å². The zero-order valence-electron chi connectivity index (χ0n) is 13.8. The molecule has 0 aromatic heterocycles. The summed E-state index contributed by atoms with van der Waals surface area (Å²) in [4.78, 5) is 11.9. The Morgan fingerprint density at radius 2 is 1.92 bits per heavy atom. The molecule has 0 atom stereocenters. The Kier molecular flexibility index (Phi) is 6.63. The molecule has 140 valence electrons. The number of ether oxygens (including phenoxy) is 1. The zero-order valence-corrected chi connectivity index (χ0v) is 15.4. The smallest absolute Gasteiger partial charge is 0.416 e. The first kappa shape index (κ1) is 20.2. The molecule has 0 aliphatic carbocycles. The van der Waals surface area contributed by atoms with E-state index < -0.39 is 23.5 Å². The molecular formula is C18H16BrF4NO2. The van der Waals surface area contributed by atoms with Crippen molar-refractivity contribution >= 4 is 21.8 Å². The maximum atomic E-state index is 13.1. The van der Waals surface area contributed by atoms with Crippen molar-refractivity contribution in [2.24, 2.45) is 0 Å². The molecule has 1 amide bonds. The van der Waals surface area contributed by atoms with Crippen molar-refractivity contribution in [3.05, 3.63) is 63.4 Å². The molecular weight excluding hydrogens is 418 g/mol. The molecule has 0 aliphatic rings. The van der Waals surface area contributed by atoms with E-state index in [2.05, 4.69) is 21.2 Å². The molecule has 0 radical (unpaired) electrons. The van der Waals surface area contributed by atoms with Crippen molar-refractivity contribution in [3.8, 4) is 5.75 Å². The van der Waals surface area contributed by atoms with Gasteiger partial charge in [-0.15, -0.1) is 0 Å². The summed E-state index contributed by atoms with van der Waals surface area (Å²) < 4.78 is 57.7. The SMILES string of the molecule is COc1ccc(CCC(=O)NCc2ccc(F)cc2C(F)(F)F)cc1Br. The van der Waals surface area contributed by atoms with Crippen LogP contribution in [0.5, 0.6) is 5.75 Å². The van der Waals surface area contributed by atoms with Gasteiger partial charge < -0.3 is 10.1 Å². The van der Waals surface area contributed by atoms with Crippen molar-refractivity contribution in [2.45, 2.75) is 25.6 Å². The van der Waals surface area contributed by atoms with Crippen LogP contribution < -0.4 is 10.1 Å². The molecule has 2 aromatic carbocycles. The maximum Gasteiger partial charge on any atom is 0.416 e. The molecule has 26 heavy (non-hydrogen) atoms. The predicted molar refractivity (Wildman–Crippen MR) is 92.3 cm³/mol. The fraction of sp³-hybridized carbons (Fsp3) is 0.278. The van der Waals surface area contributed by atoms with E-state index in [1.54, 1.807) is 12.1 Å². The highest BCUT2D eigenvalue weighted by atomic mass is 79.9. The minimum atomic E-state index is -4.68. The highest BCUT2D eigenvalue weighted by Gasteiger charge is 2.33. The van der Waals surface area contributed by atoms with E-state index in [1.165, 1.54) is 7.11 Å². The Hall–Kier alpha value is -2.09. The van der Waals surface area contributed by atoms with E-state index in [0.29, 0.717) is 18.2 Å². The Balaban J connectivity index is 1.94. The van der Waals surface area contributed by atoms with Gasteiger partial charge in [-0.3, -0.25) is 4.79 Å². The van der Waals surface area contributed by atoms with Crippen molar-refractivity contribution in [3.63, 3.8) is 0 Å². The molecule has 0 saturated heterocycles. The number of rotatable bonds is 6. The fourth-order valence-electron chi connectivity index (χ4n) is 2.37. The van der Waals surface area contributed by atoms with Gasteiger partial charge in [-0.25, -0.2) is 4.39 Å². The van der Waals surface area contributed by atoms with Gasteiger partial charge in [0.15, 0.2) is 0 Å². The third-order valence-electron chi connectivity index (χ3n) is 3.71. The second kappa shape index (κ2) is 8.53. The summed E-state index contributed by atoms with van der Waals surface area (Å²) in [6.07, 6.45) is -4.15. The van der Waals surface area contributed by atoms with Crippen LogP contribution in [-0.2, 0) is 23.9 Å². The van der Waals surface area contributed by atoms with Crippen LogP contribution in [-0.4, -0.2) is 13.0 Å². The number of hydrogen-bond acceptors (Lipinski definition) is 2. The Morgan fingerprint density at radius 3 is 2.54 bits per heavy atom. The molecule has 0 unspecified atom stereocenters. The summed E-state index contributed by atoms with van der Waals surface area (Å²) in [6.45, 7) is -0.319. The number of methoxy groups -OCH3 is 1. The average Bonchev–Trinajstić information content (AvgIpc) is 2.58. The van der Waals surface area contributed by atoms with Crippen LogP contribution in [0.3, 0.4) is 0 Å². The number of benzene rings is 2. The van der Waals surface area contributed by atoms with Gasteiger partial charge in [-0.2, -0.15) is 13.2 Å².